The molecule has 1 unspecified atom stereocenters. The van der Waals surface area contributed by atoms with E-state index in [-0.39, 0.29) is 24.3 Å². The summed E-state index contributed by atoms with van der Waals surface area (Å²) >= 11 is 0. The van der Waals surface area contributed by atoms with Crippen LogP contribution < -0.4 is 14.5 Å². The van der Waals surface area contributed by atoms with Gasteiger partial charge in [-0.25, -0.2) is 8.42 Å². The van der Waals surface area contributed by atoms with Gasteiger partial charge in [-0.05, 0) is 50.5 Å². The second-order valence-electron chi connectivity index (χ2n) is 7.77. The van der Waals surface area contributed by atoms with Crippen LogP contribution in [0.4, 0.5) is 17.1 Å². The lowest BCUT2D eigenvalue weighted by molar-refractivity contribution is -0.384. The van der Waals surface area contributed by atoms with Gasteiger partial charge in [0.1, 0.15) is 6.04 Å². The van der Waals surface area contributed by atoms with Crippen molar-refractivity contribution >= 4 is 33.0 Å². The van der Waals surface area contributed by atoms with Gasteiger partial charge >= 0.3 is 0 Å². The lowest BCUT2D eigenvalue weighted by Gasteiger charge is -2.31. The maximum atomic E-state index is 13.0. The van der Waals surface area contributed by atoms with E-state index < -0.39 is 26.9 Å². The Hall–Kier alpha value is -3.14. The third-order valence-electron chi connectivity index (χ3n) is 5.50. The van der Waals surface area contributed by atoms with Crippen LogP contribution in [0.3, 0.4) is 0 Å². The predicted octanol–water partition coefficient (Wildman–Crippen LogP) is 3.61. The lowest BCUT2D eigenvalue weighted by Crippen LogP contribution is -2.49. The average Bonchev–Trinajstić information content (AvgIpc) is 2.77. The van der Waals surface area contributed by atoms with Crippen LogP contribution in [-0.4, -0.2) is 44.6 Å². The average molecular weight is 477 g/mol. The fourth-order valence-corrected chi connectivity index (χ4v) is 4.97. The maximum Gasteiger partial charge on any atom is 0.271 e. The summed E-state index contributed by atoms with van der Waals surface area (Å²) in [4.78, 5) is 25.9. The predicted molar refractivity (Wildman–Crippen MR) is 131 cm³/mol. The van der Waals surface area contributed by atoms with Crippen LogP contribution in [0.15, 0.2) is 42.5 Å². The number of carbonyl (C=O) groups excluding carboxylic acids is 1. The number of carbonyl (C=O) groups is 1. The molecule has 1 amide bonds. The summed E-state index contributed by atoms with van der Waals surface area (Å²) in [6.07, 6.45) is 1.19. The monoisotopic (exact) mass is 476 g/mol. The molecule has 0 aliphatic heterocycles. The molecule has 180 valence electrons. The number of nitro groups is 1. The molecule has 0 radical (unpaired) electrons. The summed E-state index contributed by atoms with van der Waals surface area (Å²) in [5.41, 5.74) is 2.37. The Balaban J connectivity index is 2.28. The highest BCUT2D eigenvalue weighted by atomic mass is 32.2. The molecule has 9 nitrogen and oxygen atoms in total. The zero-order valence-electron chi connectivity index (χ0n) is 19.7. The molecule has 1 atom stereocenters. The number of nitrogens with zero attached hydrogens (tertiary/aromatic N) is 3. The number of non-ortho nitro benzene ring substituents is 1. The first kappa shape index (κ1) is 26.1. The van der Waals surface area contributed by atoms with Crippen molar-refractivity contribution in [2.75, 3.05) is 28.6 Å². The van der Waals surface area contributed by atoms with Crippen molar-refractivity contribution in [2.45, 2.75) is 46.7 Å². The molecule has 0 spiro atoms. The minimum atomic E-state index is -3.90. The molecule has 0 fully saturated rings. The molecule has 10 heteroatoms. The van der Waals surface area contributed by atoms with E-state index in [1.807, 2.05) is 24.3 Å². The Labute approximate surface area is 195 Å². The summed E-state index contributed by atoms with van der Waals surface area (Å²) in [7, 11) is -3.90. The van der Waals surface area contributed by atoms with Gasteiger partial charge in [-0.2, -0.15) is 0 Å². The van der Waals surface area contributed by atoms with E-state index in [1.54, 1.807) is 13.8 Å². The van der Waals surface area contributed by atoms with Crippen molar-refractivity contribution in [3.63, 3.8) is 0 Å². The fraction of sp³-hybridized carbons (Fsp3) is 0.435. The van der Waals surface area contributed by atoms with Crippen molar-refractivity contribution in [3.05, 3.63) is 63.7 Å². The van der Waals surface area contributed by atoms with E-state index in [1.165, 1.54) is 18.2 Å². The van der Waals surface area contributed by atoms with Gasteiger partial charge in [-0.1, -0.05) is 25.1 Å². The topological polar surface area (TPSA) is 113 Å². The smallest absolute Gasteiger partial charge is 0.271 e. The van der Waals surface area contributed by atoms with Crippen molar-refractivity contribution < 1.29 is 18.1 Å². The van der Waals surface area contributed by atoms with Crippen molar-refractivity contribution in [1.29, 1.82) is 0 Å². The molecule has 2 aromatic rings. The van der Waals surface area contributed by atoms with E-state index in [9.17, 15) is 23.3 Å². The highest BCUT2D eigenvalue weighted by Crippen LogP contribution is 2.30. The molecule has 2 rings (SSSR count). The Morgan fingerprint density at radius 2 is 1.70 bits per heavy atom. The molecular formula is C23H32N4O5S. The number of benzene rings is 2. The third kappa shape index (κ3) is 6.44. The number of hydrogen-bond donors (Lipinski definition) is 1. The summed E-state index contributed by atoms with van der Waals surface area (Å²) in [6.45, 7) is 9.54. The van der Waals surface area contributed by atoms with Gasteiger partial charge < -0.3 is 10.2 Å². The van der Waals surface area contributed by atoms with E-state index in [0.29, 0.717) is 5.56 Å². The van der Waals surface area contributed by atoms with Gasteiger partial charge in [0, 0.05) is 37.5 Å². The van der Waals surface area contributed by atoms with E-state index in [2.05, 4.69) is 24.1 Å². The molecule has 0 aliphatic rings. The summed E-state index contributed by atoms with van der Waals surface area (Å²) in [5, 5.41) is 14.0. The number of amides is 1. The van der Waals surface area contributed by atoms with Crippen molar-refractivity contribution in [2.24, 2.45) is 0 Å². The summed E-state index contributed by atoms with van der Waals surface area (Å²) in [5.74, 6) is -0.471. The van der Waals surface area contributed by atoms with Crippen molar-refractivity contribution in [3.8, 4) is 0 Å². The molecule has 1 N–H and O–H groups in total. The Morgan fingerprint density at radius 1 is 1.09 bits per heavy atom. The normalized spacial score (nSPS) is 12.2. The lowest BCUT2D eigenvalue weighted by atomic mass is 10.1. The second kappa shape index (κ2) is 11.1. The van der Waals surface area contributed by atoms with Gasteiger partial charge in [0.05, 0.1) is 16.9 Å². The van der Waals surface area contributed by atoms with E-state index >= 15 is 0 Å². The summed E-state index contributed by atoms with van der Waals surface area (Å²) in [6, 6.07) is 10.8. The van der Waals surface area contributed by atoms with Crippen LogP contribution in [0.25, 0.3) is 0 Å². The number of nitrogens with one attached hydrogen (secondary N) is 1. The molecule has 0 aliphatic carbocycles. The molecule has 2 aromatic carbocycles. The fourth-order valence-electron chi connectivity index (χ4n) is 3.70. The van der Waals surface area contributed by atoms with E-state index in [4.69, 9.17) is 0 Å². The Kier molecular flexibility index (Phi) is 8.81. The minimum absolute atomic E-state index is 0.122. The SMILES string of the molecule is CCC(C(=O)NCc1ccc(N(CC)CC)cc1)N(c1cc([N+](=O)[O-])ccc1C)S(C)(=O)=O. The summed E-state index contributed by atoms with van der Waals surface area (Å²) < 4.78 is 26.3. The number of anilines is 2. The quantitative estimate of drug-likeness (QED) is 0.392. The molecule has 0 aromatic heterocycles. The Morgan fingerprint density at radius 3 is 2.18 bits per heavy atom. The minimum Gasteiger partial charge on any atom is -0.372 e. The van der Waals surface area contributed by atoms with Crippen LogP contribution in [0, 0.1) is 17.0 Å². The van der Waals surface area contributed by atoms with Gasteiger partial charge in [0.25, 0.3) is 5.69 Å². The highest BCUT2D eigenvalue weighted by Gasteiger charge is 2.33. The van der Waals surface area contributed by atoms with Gasteiger partial charge in [-0.15, -0.1) is 0 Å². The number of aryl methyl sites for hydroxylation is 1. The van der Waals surface area contributed by atoms with Gasteiger partial charge in [0.2, 0.25) is 15.9 Å². The van der Waals surface area contributed by atoms with Crippen molar-refractivity contribution in [1.82, 2.24) is 5.32 Å². The number of hydrogen-bond acceptors (Lipinski definition) is 6. The first-order valence-electron chi connectivity index (χ1n) is 10.9. The van der Waals surface area contributed by atoms with Gasteiger partial charge in [-0.3, -0.25) is 19.2 Å². The first-order chi connectivity index (χ1) is 15.5. The first-order valence-corrected chi connectivity index (χ1v) is 12.7. The van der Waals surface area contributed by atoms with Crippen LogP contribution in [-0.2, 0) is 21.4 Å². The highest BCUT2D eigenvalue weighted by molar-refractivity contribution is 7.92. The molecule has 0 heterocycles. The zero-order chi connectivity index (χ0) is 24.8. The van der Waals surface area contributed by atoms with Gasteiger partial charge in [0.15, 0.2) is 0 Å². The standard InChI is InChI=1S/C23H32N4O5S/c1-6-21(23(28)24-16-18-10-13-19(14-11-18)25(7-2)8-3)26(33(5,31)32)22-15-20(27(29)30)12-9-17(22)4/h9-15,21H,6-8,16H2,1-5H3,(H,24,28). The van der Waals surface area contributed by atoms with Crippen LogP contribution in [0.1, 0.15) is 38.3 Å². The van der Waals surface area contributed by atoms with E-state index in [0.717, 1.165) is 34.9 Å². The second-order valence-corrected chi connectivity index (χ2v) is 9.63. The number of nitro benzene ring substituents is 1. The Bertz CT molecular complexity index is 1080. The maximum absolute atomic E-state index is 13.0. The molecule has 0 saturated carbocycles. The molecule has 33 heavy (non-hydrogen) atoms. The van der Waals surface area contributed by atoms with Crippen LogP contribution in [0.2, 0.25) is 0 Å². The molecule has 0 saturated heterocycles. The van der Waals surface area contributed by atoms with Crippen LogP contribution >= 0.6 is 0 Å². The number of sulfonamides is 1. The largest absolute Gasteiger partial charge is 0.372 e. The zero-order valence-corrected chi connectivity index (χ0v) is 20.6. The number of rotatable bonds is 11. The molecule has 0 bridgehead atoms. The van der Waals surface area contributed by atoms with Crippen LogP contribution in [0.5, 0.6) is 0 Å². The third-order valence-corrected chi connectivity index (χ3v) is 6.67. The molecular weight excluding hydrogens is 444 g/mol.